The molecule has 3 aliphatic rings. The van der Waals surface area contributed by atoms with E-state index in [1.807, 2.05) is 71.0 Å². The van der Waals surface area contributed by atoms with Crippen LogP contribution in [0.2, 0.25) is 0 Å². The molecule has 4 rings (SSSR count). The van der Waals surface area contributed by atoms with Crippen LogP contribution in [0.25, 0.3) is 6.08 Å². The zero-order valence-corrected chi connectivity index (χ0v) is 33.3. The van der Waals surface area contributed by atoms with Crippen LogP contribution < -0.4 is 0 Å². The van der Waals surface area contributed by atoms with Crippen LogP contribution in [-0.4, -0.2) is 125 Å². The summed E-state index contributed by atoms with van der Waals surface area (Å²) in [5.74, 6) is -5.03. The third-order valence-electron chi connectivity index (χ3n) is 11.2. The van der Waals surface area contributed by atoms with E-state index in [0.29, 0.717) is 23.4 Å². The number of hydrogen-bond donors (Lipinski definition) is 2. The first-order chi connectivity index (χ1) is 24.8. The predicted molar refractivity (Wildman–Crippen MR) is 199 cm³/mol. The normalized spacial score (nSPS) is 41.1. The van der Waals surface area contributed by atoms with Gasteiger partial charge in [-0.15, -0.1) is 0 Å². The summed E-state index contributed by atoms with van der Waals surface area (Å²) < 4.78 is 32.5. The molecule has 13 nitrogen and oxygen atoms in total. The lowest BCUT2D eigenvalue weighted by atomic mass is 9.73. The summed E-state index contributed by atoms with van der Waals surface area (Å²) in [5.41, 5.74) is -1.32. The molecule has 3 aliphatic heterocycles. The molecule has 0 aliphatic carbocycles. The van der Waals surface area contributed by atoms with Gasteiger partial charge in [0.1, 0.15) is 23.7 Å². The van der Waals surface area contributed by atoms with Gasteiger partial charge < -0.3 is 38.8 Å². The van der Waals surface area contributed by atoms with E-state index in [2.05, 4.69) is 9.98 Å². The Kier molecular flexibility index (Phi) is 14.3. The Labute approximate surface area is 314 Å². The smallest absolute Gasteiger partial charge is 0.316 e. The highest BCUT2D eigenvalue weighted by atomic mass is 16.7. The summed E-state index contributed by atoms with van der Waals surface area (Å²) in [6.45, 7) is 15.3. The van der Waals surface area contributed by atoms with E-state index in [-0.39, 0.29) is 38.2 Å². The largest absolute Gasteiger partial charge is 0.459 e. The number of aliphatic imine (C=N–C) groups is 1. The number of aliphatic hydroxyl groups excluding tert-OH is 1. The molecule has 0 radical (unpaired) electrons. The van der Waals surface area contributed by atoms with Crippen molar-refractivity contribution in [2.45, 2.75) is 136 Å². The third-order valence-corrected chi connectivity index (χ3v) is 11.2. The second-order valence-corrected chi connectivity index (χ2v) is 15.9. The summed E-state index contributed by atoms with van der Waals surface area (Å²) in [6.07, 6.45) is -1.16. The van der Waals surface area contributed by atoms with Gasteiger partial charge in [0.2, 0.25) is 5.91 Å². The molecule has 1 aromatic heterocycles. The van der Waals surface area contributed by atoms with E-state index in [9.17, 15) is 24.6 Å². The van der Waals surface area contributed by atoms with Crippen molar-refractivity contribution in [3.8, 4) is 0 Å². The Morgan fingerprint density at radius 1 is 1.11 bits per heavy atom. The van der Waals surface area contributed by atoms with Crippen LogP contribution in [0.4, 0.5) is 0 Å². The van der Waals surface area contributed by atoms with Crippen LogP contribution in [0.3, 0.4) is 0 Å². The molecule has 3 fully saturated rings. The van der Waals surface area contributed by atoms with Gasteiger partial charge in [-0.2, -0.15) is 0 Å². The molecule has 13 heteroatoms. The fourth-order valence-corrected chi connectivity index (χ4v) is 8.33. The molecule has 0 spiro atoms. The predicted octanol–water partition coefficient (Wildman–Crippen LogP) is 4.03. The number of Topliss-reactive ketones (excluding diaryl/α,β-unsaturated/α-hetero) is 1. The lowest BCUT2D eigenvalue weighted by Crippen LogP contribution is -2.60. The van der Waals surface area contributed by atoms with Gasteiger partial charge in [0.05, 0.1) is 42.8 Å². The van der Waals surface area contributed by atoms with Gasteiger partial charge in [-0.25, -0.2) is 4.99 Å². The van der Waals surface area contributed by atoms with E-state index >= 15 is 0 Å². The Bertz CT molecular complexity index is 1500. The van der Waals surface area contributed by atoms with Gasteiger partial charge in [-0.05, 0) is 90.8 Å². The van der Waals surface area contributed by atoms with Gasteiger partial charge in [-0.1, -0.05) is 33.8 Å². The van der Waals surface area contributed by atoms with E-state index in [0.717, 1.165) is 0 Å². The molecule has 2 bridgehead atoms. The lowest BCUT2D eigenvalue weighted by Gasteiger charge is -2.47. The Hall–Kier alpha value is -2.91. The average molecular weight is 744 g/mol. The highest BCUT2D eigenvalue weighted by molar-refractivity contribution is 6.00. The number of likely N-dealkylation sites (N-methyl/N-ethyl adjacent to an activating group) is 1. The number of pyridine rings is 1. The number of rotatable bonds is 5. The van der Waals surface area contributed by atoms with Gasteiger partial charge in [0.15, 0.2) is 12.1 Å². The first kappa shape index (κ1) is 42.8. The Morgan fingerprint density at radius 3 is 2.42 bits per heavy atom. The quantitative estimate of drug-likeness (QED) is 0.329. The zero-order valence-electron chi connectivity index (χ0n) is 33.3. The van der Waals surface area contributed by atoms with Crippen molar-refractivity contribution in [2.75, 3.05) is 27.3 Å². The second kappa shape index (κ2) is 17.7. The fourth-order valence-electron chi connectivity index (χ4n) is 8.33. The van der Waals surface area contributed by atoms with Gasteiger partial charge in [0.25, 0.3) is 0 Å². The van der Waals surface area contributed by atoms with Crippen molar-refractivity contribution < 1.29 is 48.3 Å². The van der Waals surface area contributed by atoms with Crippen molar-refractivity contribution in [2.24, 2.45) is 28.7 Å². The van der Waals surface area contributed by atoms with Gasteiger partial charge >= 0.3 is 5.97 Å². The molecule has 1 amide bonds. The average Bonchev–Trinajstić information content (AvgIpc) is 3.11. The number of ether oxygens (including phenoxy) is 5. The minimum absolute atomic E-state index is 0.00991. The fraction of sp³-hybridized carbons (Fsp3) is 0.725. The number of amides is 1. The van der Waals surface area contributed by atoms with Crippen LogP contribution in [0, 0.1) is 23.7 Å². The Morgan fingerprint density at radius 2 is 1.81 bits per heavy atom. The molecule has 0 saturated carbocycles. The van der Waals surface area contributed by atoms with E-state index in [1.165, 1.54) is 13.8 Å². The maximum Gasteiger partial charge on any atom is 0.316 e. The molecule has 5 unspecified atom stereocenters. The van der Waals surface area contributed by atoms with Crippen molar-refractivity contribution in [3.63, 3.8) is 0 Å². The van der Waals surface area contributed by atoms with Crippen molar-refractivity contribution in [3.05, 3.63) is 35.7 Å². The minimum Gasteiger partial charge on any atom is -0.459 e. The topological polar surface area (TPSA) is 166 Å². The molecular formula is C40H61N3O10. The zero-order chi connectivity index (χ0) is 39.4. The summed E-state index contributed by atoms with van der Waals surface area (Å²) in [7, 11) is 3.76. The monoisotopic (exact) mass is 743 g/mol. The van der Waals surface area contributed by atoms with E-state index < -0.39 is 83.2 Å². The number of hydrogen-bond acceptors (Lipinski definition) is 12. The maximum absolute atomic E-state index is 14.4. The van der Waals surface area contributed by atoms with Gasteiger partial charge in [-0.3, -0.25) is 19.4 Å². The van der Waals surface area contributed by atoms with Crippen molar-refractivity contribution >= 4 is 29.4 Å². The highest BCUT2D eigenvalue weighted by Gasteiger charge is 2.53. The summed E-state index contributed by atoms with van der Waals surface area (Å²) in [6, 6.07) is 5.23. The van der Waals surface area contributed by atoms with Crippen LogP contribution in [0.15, 0.2) is 35.0 Å². The standard InChI is InChI=1S/C40H61N3O10/c1-12-31-40(9,48)36-24(4)32(42-27(7)44)22(2)19-39(8,50-21-28(20-49-36)18-29-15-13-14-16-41-29)35(25(5)33(45)26(6)37(47)52-31)53-38-34(46)30(43(10)11)17-23(3)51-38/h13-16,18,22-26,30-31,34-36,38,46,48H,12,17,19-21H2,1-11H3/b28-18-,42-32?/t22?,23-,24?,25+,26-,30+,31-,34?,35?,36?,38+,39-,40-/m1/s1. The van der Waals surface area contributed by atoms with Crippen molar-refractivity contribution in [1.29, 1.82) is 0 Å². The first-order valence-corrected chi connectivity index (χ1v) is 18.9. The third kappa shape index (κ3) is 9.86. The molecular weight excluding hydrogens is 682 g/mol. The van der Waals surface area contributed by atoms with Crippen LogP contribution in [0.1, 0.15) is 87.3 Å². The number of esters is 1. The summed E-state index contributed by atoms with van der Waals surface area (Å²) in [4.78, 5) is 51.9. The molecule has 0 aromatic carbocycles. The molecule has 2 N–H and O–H groups in total. The molecule has 13 atom stereocenters. The molecule has 1 aromatic rings. The van der Waals surface area contributed by atoms with Crippen LogP contribution in [0.5, 0.6) is 0 Å². The molecule has 4 heterocycles. The minimum atomic E-state index is -1.78. The molecule has 3 saturated heterocycles. The number of carbonyl (C=O) groups is 3. The first-order valence-electron chi connectivity index (χ1n) is 18.9. The summed E-state index contributed by atoms with van der Waals surface area (Å²) in [5, 5.41) is 23.9. The van der Waals surface area contributed by atoms with E-state index in [1.54, 1.807) is 27.0 Å². The van der Waals surface area contributed by atoms with E-state index in [4.69, 9.17) is 23.7 Å². The number of fused-ring (bicyclic) bond motifs is 5. The second-order valence-electron chi connectivity index (χ2n) is 15.9. The van der Waals surface area contributed by atoms with Crippen LogP contribution >= 0.6 is 0 Å². The number of aromatic nitrogens is 1. The lowest BCUT2D eigenvalue weighted by molar-refractivity contribution is -0.296. The maximum atomic E-state index is 14.4. The van der Waals surface area contributed by atoms with Crippen LogP contribution in [-0.2, 0) is 38.1 Å². The summed E-state index contributed by atoms with van der Waals surface area (Å²) >= 11 is 0. The van der Waals surface area contributed by atoms with Crippen molar-refractivity contribution in [1.82, 2.24) is 9.88 Å². The number of nitrogens with zero attached hydrogens (tertiary/aromatic N) is 3. The molecule has 53 heavy (non-hydrogen) atoms. The highest BCUT2D eigenvalue weighted by Crippen LogP contribution is 2.40. The number of cyclic esters (lactones) is 1. The number of carbonyl (C=O) groups excluding carboxylic acids is 3. The molecule has 296 valence electrons. The Balaban J connectivity index is 1.99. The number of aliphatic hydroxyl groups is 2. The van der Waals surface area contributed by atoms with Gasteiger partial charge in [0, 0.05) is 36.7 Å². The SMILES string of the molecule is CC[C@H]1OC(=O)[C@H](C)C(=O)[C@H](C)C(O[C@@H]2O[C@H](C)C[C@H](N(C)C)C2O)[C@@]2(C)CC(C)C(=NC(C)=O)C(C)C(OC/C(=C/c3ccccn3)CO2)[C@]1(C)O. The number of ketones is 1.